The first-order valence-corrected chi connectivity index (χ1v) is 10.2. The van der Waals surface area contributed by atoms with E-state index in [0.29, 0.717) is 36.8 Å². The molecule has 28 heavy (non-hydrogen) atoms. The molecule has 0 saturated heterocycles. The fraction of sp³-hybridized carbons (Fsp3) is 0.105. The first-order chi connectivity index (χ1) is 13.4. The first kappa shape index (κ1) is 20.7. The van der Waals surface area contributed by atoms with E-state index >= 15 is 0 Å². The maximum atomic E-state index is 12.8. The van der Waals surface area contributed by atoms with Gasteiger partial charge in [0.25, 0.3) is 5.56 Å². The van der Waals surface area contributed by atoms with Crippen LogP contribution in [0.15, 0.2) is 59.0 Å². The first-order valence-electron chi connectivity index (χ1n) is 8.08. The second kappa shape index (κ2) is 9.01. The van der Waals surface area contributed by atoms with Crippen LogP contribution in [0.1, 0.15) is 0 Å². The molecule has 144 valence electrons. The molecule has 0 atom stereocenters. The van der Waals surface area contributed by atoms with Crippen molar-refractivity contribution in [1.29, 1.82) is 0 Å². The van der Waals surface area contributed by atoms with E-state index in [-0.39, 0.29) is 23.8 Å². The molecule has 5 nitrogen and oxygen atoms in total. The molecule has 0 radical (unpaired) electrons. The van der Waals surface area contributed by atoms with Crippen LogP contribution in [-0.2, 0) is 11.3 Å². The SMILES string of the molecule is C=CCn1c(SCC(=O)Nc2c(Cl)cccc2Cl)nc2cc(Cl)ccc2c1=O. The molecule has 1 amide bonds. The van der Waals surface area contributed by atoms with E-state index < -0.39 is 0 Å². The third-order valence-corrected chi connectivity index (χ3v) is 5.59. The number of hydrogen-bond acceptors (Lipinski definition) is 4. The lowest BCUT2D eigenvalue weighted by atomic mass is 10.2. The van der Waals surface area contributed by atoms with E-state index in [4.69, 9.17) is 34.8 Å². The number of amides is 1. The third kappa shape index (κ3) is 4.52. The molecule has 0 bridgehead atoms. The predicted octanol–water partition coefficient (Wildman–Crippen LogP) is 5.27. The number of fused-ring (bicyclic) bond motifs is 1. The zero-order valence-corrected chi connectivity index (χ0v) is 17.5. The van der Waals surface area contributed by atoms with E-state index in [0.717, 1.165) is 11.8 Å². The van der Waals surface area contributed by atoms with Crippen LogP contribution in [0.2, 0.25) is 15.1 Å². The molecule has 0 saturated carbocycles. The molecule has 0 fully saturated rings. The smallest absolute Gasteiger partial charge is 0.262 e. The fourth-order valence-corrected chi connectivity index (χ4v) is 3.96. The Morgan fingerprint density at radius 1 is 1.21 bits per heavy atom. The van der Waals surface area contributed by atoms with Gasteiger partial charge in [-0.05, 0) is 30.3 Å². The van der Waals surface area contributed by atoms with Crippen LogP contribution in [0.25, 0.3) is 10.9 Å². The van der Waals surface area contributed by atoms with Gasteiger partial charge in [-0.15, -0.1) is 6.58 Å². The summed E-state index contributed by atoms with van der Waals surface area (Å²) in [5.74, 6) is -0.317. The number of rotatable bonds is 6. The Bertz CT molecular complexity index is 1110. The lowest BCUT2D eigenvalue weighted by molar-refractivity contribution is -0.113. The summed E-state index contributed by atoms with van der Waals surface area (Å²) >= 11 is 19.3. The molecule has 3 rings (SSSR count). The highest BCUT2D eigenvalue weighted by atomic mass is 35.5. The number of allylic oxidation sites excluding steroid dienone is 1. The molecule has 0 aliphatic rings. The van der Waals surface area contributed by atoms with Crippen LogP contribution >= 0.6 is 46.6 Å². The number of anilines is 1. The van der Waals surface area contributed by atoms with Crippen molar-refractivity contribution in [2.24, 2.45) is 0 Å². The number of carbonyl (C=O) groups is 1. The van der Waals surface area contributed by atoms with E-state index in [1.165, 1.54) is 4.57 Å². The Kier molecular flexibility index (Phi) is 6.67. The average Bonchev–Trinajstić information content (AvgIpc) is 2.65. The molecule has 2 aromatic carbocycles. The van der Waals surface area contributed by atoms with Gasteiger partial charge in [0.2, 0.25) is 5.91 Å². The molecule has 9 heteroatoms. The predicted molar refractivity (Wildman–Crippen MR) is 117 cm³/mol. The van der Waals surface area contributed by atoms with Gasteiger partial charge in [0.15, 0.2) is 5.16 Å². The Labute approximate surface area is 180 Å². The molecule has 0 aliphatic heterocycles. The molecular weight excluding hydrogens is 441 g/mol. The molecule has 1 N–H and O–H groups in total. The molecule has 0 unspecified atom stereocenters. The molecular formula is C19H14Cl3N3O2S. The van der Waals surface area contributed by atoms with E-state index in [9.17, 15) is 9.59 Å². The van der Waals surface area contributed by atoms with Gasteiger partial charge in [0.05, 0.1) is 32.4 Å². The Morgan fingerprint density at radius 2 is 1.93 bits per heavy atom. The van der Waals surface area contributed by atoms with Gasteiger partial charge in [-0.1, -0.05) is 58.7 Å². The number of carbonyl (C=O) groups excluding carboxylic acids is 1. The Hall–Kier alpha value is -1.99. The number of aromatic nitrogens is 2. The lowest BCUT2D eigenvalue weighted by Gasteiger charge is -2.12. The number of nitrogens with zero attached hydrogens (tertiary/aromatic N) is 2. The highest BCUT2D eigenvalue weighted by Crippen LogP contribution is 2.30. The number of benzene rings is 2. The highest BCUT2D eigenvalue weighted by Gasteiger charge is 2.14. The second-order valence-electron chi connectivity index (χ2n) is 5.69. The van der Waals surface area contributed by atoms with Crippen molar-refractivity contribution < 1.29 is 4.79 Å². The summed E-state index contributed by atoms with van der Waals surface area (Å²) in [7, 11) is 0. The van der Waals surface area contributed by atoms with Crippen LogP contribution in [0.5, 0.6) is 0 Å². The van der Waals surface area contributed by atoms with Crippen molar-refractivity contribution in [2.45, 2.75) is 11.7 Å². The summed E-state index contributed by atoms with van der Waals surface area (Å²) in [5.41, 5.74) is 0.589. The minimum absolute atomic E-state index is 0.0111. The van der Waals surface area contributed by atoms with Crippen molar-refractivity contribution in [2.75, 3.05) is 11.1 Å². The Morgan fingerprint density at radius 3 is 2.61 bits per heavy atom. The van der Waals surface area contributed by atoms with Crippen LogP contribution in [-0.4, -0.2) is 21.2 Å². The van der Waals surface area contributed by atoms with Crippen molar-refractivity contribution in [1.82, 2.24) is 9.55 Å². The van der Waals surface area contributed by atoms with Crippen LogP contribution < -0.4 is 10.9 Å². The number of thioether (sulfide) groups is 1. The summed E-state index contributed by atoms with van der Waals surface area (Å²) in [5, 5.41) is 4.67. The summed E-state index contributed by atoms with van der Waals surface area (Å²) in [4.78, 5) is 29.6. The van der Waals surface area contributed by atoms with Gasteiger partial charge in [-0.2, -0.15) is 0 Å². The van der Waals surface area contributed by atoms with Crippen molar-refractivity contribution in [3.8, 4) is 0 Å². The topological polar surface area (TPSA) is 64.0 Å². The molecule has 0 aliphatic carbocycles. The number of nitrogens with one attached hydrogen (secondary N) is 1. The van der Waals surface area contributed by atoms with Crippen LogP contribution in [0, 0.1) is 0 Å². The Balaban J connectivity index is 1.87. The van der Waals surface area contributed by atoms with Gasteiger partial charge in [-0.25, -0.2) is 4.98 Å². The molecule has 3 aromatic rings. The minimum Gasteiger partial charge on any atom is -0.323 e. The zero-order valence-electron chi connectivity index (χ0n) is 14.4. The van der Waals surface area contributed by atoms with E-state index in [1.807, 2.05) is 0 Å². The minimum atomic E-state index is -0.328. The summed E-state index contributed by atoms with van der Waals surface area (Å²) in [6.45, 7) is 3.94. The second-order valence-corrected chi connectivity index (χ2v) is 7.89. The third-order valence-electron chi connectivity index (χ3n) is 3.75. The van der Waals surface area contributed by atoms with Crippen molar-refractivity contribution in [3.05, 3.63) is 74.5 Å². The van der Waals surface area contributed by atoms with E-state index in [2.05, 4.69) is 16.9 Å². The number of halogens is 3. The number of hydrogen-bond donors (Lipinski definition) is 1. The maximum Gasteiger partial charge on any atom is 0.262 e. The normalized spacial score (nSPS) is 10.8. The van der Waals surface area contributed by atoms with Crippen LogP contribution in [0.4, 0.5) is 5.69 Å². The summed E-state index contributed by atoms with van der Waals surface area (Å²) in [6, 6.07) is 9.84. The molecule has 1 heterocycles. The van der Waals surface area contributed by atoms with Gasteiger partial charge < -0.3 is 5.32 Å². The van der Waals surface area contributed by atoms with Crippen LogP contribution in [0.3, 0.4) is 0 Å². The van der Waals surface area contributed by atoms with E-state index in [1.54, 1.807) is 42.5 Å². The quantitative estimate of drug-likeness (QED) is 0.313. The number of para-hydroxylation sites is 1. The molecule has 1 aromatic heterocycles. The van der Waals surface area contributed by atoms with Crippen molar-refractivity contribution >= 4 is 69.1 Å². The zero-order chi connectivity index (χ0) is 20.3. The average molecular weight is 455 g/mol. The summed E-state index contributed by atoms with van der Waals surface area (Å²) in [6.07, 6.45) is 1.60. The van der Waals surface area contributed by atoms with Gasteiger partial charge in [0.1, 0.15) is 0 Å². The fourth-order valence-electron chi connectivity index (χ4n) is 2.50. The monoisotopic (exact) mass is 453 g/mol. The lowest BCUT2D eigenvalue weighted by Crippen LogP contribution is -2.24. The van der Waals surface area contributed by atoms with Gasteiger partial charge >= 0.3 is 0 Å². The van der Waals surface area contributed by atoms with Gasteiger partial charge in [-0.3, -0.25) is 14.2 Å². The highest BCUT2D eigenvalue weighted by molar-refractivity contribution is 7.99. The largest absolute Gasteiger partial charge is 0.323 e. The van der Waals surface area contributed by atoms with Gasteiger partial charge in [0, 0.05) is 11.6 Å². The standard InChI is InChI=1S/C19H14Cl3N3O2S/c1-2-8-25-18(27)12-7-6-11(20)9-15(12)23-19(25)28-10-16(26)24-17-13(21)4-3-5-14(17)22/h2-7,9H,1,8,10H2,(H,24,26). The van der Waals surface area contributed by atoms with Crippen molar-refractivity contribution in [3.63, 3.8) is 0 Å². The maximum absolute atomic E-state index is 12.8. The summed E-state index contributed by atoms with van der Waals surface area (Å²) < 4.78 is 1.46. The molecule has 0 spiro atoms.